The fraction of sp³-hybridized carbons (Fsp3) is 0.389. The van der Waals surface area contributed by atoms with Crippen LogP contribution in [-0.2, 0) is 17.6 Å². The molecule has 1 atom stereocenters. The highest BCUT2D eigenvalue weighted by Gasteiger charge is 2.22. The first-order valence-corrected chi connectivity index (χ1v) is 10.3. The summed E-state index contributed by atoms with van der Waals surface area (Å²) >= 11 is 3.67. The van der Waals surface area contributed by atoms with E-state index in [1.54, 1.807) is 23.5 Å². The van der Waals surface area contributed by atoms with E-state index in [1.165, 1.54) is 17.7 Å². The number of amides is 2. The van der Waals surface area contributed by atoms with Crippen molar-refractivity contribution in [2.24, 2.45) is 5.92 Å². The van der Waals surface area contributed by atoms with E-state index >= 15 is 0 Å². The second-order valence-corrected chi connectivity index (χ2v) is 8.36. The van der Waals surface area contributed by atoms with Gasteiger partial charge in [0.25, 0.3) is 5.91 Å². The van der Waals surface area contributed by atoms with Gasteiger partial charge in [-0.05, 0) is 59.9 Å². The summed E-state index contributed by atoms with van der Waals surface area (Å²) in [5.41, 5.74) is 1.69. The fourth-order valence-electron chi connectivity index (χ4n) is 2.91. The molecule has 2 N–H and O–H groups in total. The number of anilines is 1. The number of carbonyl (C=O) groups excluding carboxylic acids is 2. The third-order valence-corrected chi connectivity index (χ3v) is 6.37. The Kier molecular flexibility index (Phi) is 6.06. The number of hydrogen-bond donors (Lipinski definition) is 2. The van der Waals surface area contributed by atoms with Crippen LogP contribution in [0.1, 0.15) is 40.7 Å². The largest absolute Gasteiger partial charge is 0.343 e. The van der Waals surface area contributed by atoms with E-state index in [1.807, 2.05) is 12.1 Å². The van der Waals surface area contributed by atoms with Gasteiger partial charge in [-0.25, -0.2) is 4.98 Å². The molecule has 1 aromatic heterocycles. The molecular weight excluding hydrogens is 449 g/mol. The molecule has 0 saturated heterocycles. The first-order chi connectivity index (χ1) is 12.1. The lowest BCUT2D eigenvalue weighted by atomic mass is 9.89. The lowest BCUT2D eigenvalue weighted by molar-refractivity contribution is -0.115. The number of thiazole rings is 1. The van der Waals surface area contributed by atoms with E-state index in [0.29, 0.717) is 10.7 Å². The van der Waals surface area contributed by atoms with Crippen LogP contribution in [0.3, 0.4) is 0 Å². The number of aryl methyl sites for hydroxylation is 1. The van der Waals surface area contributed by atoms with Crippen LogP contribution < -0.4 is 10.6 Å². The molecule has 25 heavy (non-hydrogen) atoms. The van der Waals surface area contributed by atoms with Gasteiger partial charge in [0.05, 0.1) is 17.8 Å². The zero-order chi connectivity index (χ0) is 17.8. The Morgan fingerprint density at radius 2 is 2.16 bits per heavy atom. The third-order valence-electron chi connectivity index (χ3n) is 4.39. The summed E-state index contributed by atoms with van der Waals surface area (Å²) in [6.45, 7) is 2.15. The molecule has 1 unspecified atom stereocenters. The predicted octanol–water partition coefficient (Wildman–Crippen LogP) is 3.63. The van der Waals surface area contributed by atoms with Crippen LogP contribution in [0.15, 0.2) is 24.3 Å². The maximum absolute atomic E-state index is 12.1. The fourth-order valence-corrected chi connectivity index (χ4v) is 4.68. The number of benzene rings is 1. The van der Waals surface area contributed by atoms with Crippen LogP contribution >= 0.6 is 33.9 Å². The summed E-state index contributed by atoms with van der Waals surface area (Å²) in [7, 11) is 0. The van der Waals surface area contributed by atoms with Crippen molar-refractivity contribution >= 4 is 50.9 Å². The van der Waals surface area contributed by atoms with Crippen LogP contribution in [0.5, 0.6) is 0 Å². The molecular formula is C18H20IN3O2S. The van der Waals surface area contributed by atoms with Gasteiger partial charge in [-0.3, -0.25) is 9.59 Å². The predicted molar refractivity (Wildman–Crippen MR) is 108 cm³/mol. The first-order valence-electron chi connectivity index (χ1n) is 8.38. The average Bonchev–Trinajstić information content (AvgIpc) is 3.01. The second-order valence-electron chi connectivity index (χ2n) is 6.12. The summed E-state index contributed by atoms with van der Waals surface area (Å²) in [5.74, 6) is 0.228. The minimum absolute atomic E-state index is 0.0638. The number of nitrogens with one attached hydrogen (secondary N) is 2. The Morgan fingerprint density at radius 1 is 1.36 bits per heavy atom. The van der Waals surface area contributed by atoms with E-state index < -0.39 is 0 Å². The normalized spacial score (nSPS) is 16.2. The zero-order valence-corrected chi connectivity index (χ0v) is 16.9. The highest BCUT2D eigenvalue weighted by Crippen LogP contribution is 2.33. The van der Waals surface area contributed by atoms with Gasteiger partial charge in [0.2, 0.25) is 5.91 Å². The molecule has 0 radical (unpaired) electrons. The molecule has 7 heteroatoms. The molecule has 1 aliphatic rings. The van der Waals surface area contributed by atoms with Crippen molar-refractivity contribution in [1.29, 1.82) is 0 Å². The van der Waals surface area contributed by atoms with Crippen molar-refractivity contribution in [3.63, 3.8) is 0 Å². The van der Waals surface area contributed by atoms with Crippen molar-refractivity contribution < 1.29 is 9.59 Å². The quantitative estimate of drug-likeness (QED) is 0.658. The van der Waals surface area contributed by atoms with Gasteiger partial charge in [0, 0.05) is 8.45 Å². The van der Waals surface area contributed by atoms with Gasteiger partial charge in [-0.15, -0.1) is 11.3 Å². The molecule has 1 aromatic carbocycles. The number of fused-ring (bicyclic) bond motifs is 1. The van der Waals surface area contributed by atoms with Crippen molar-refractivity contribution in [3.8, 4) is 0 Å². The van der Waals surface area contributed by atoms with Gasteiger partial charge in [-0.1, -0.05) is 25.5 Å². The van der Waals surface area contributed by atoms with Crippen LogP contribution in [-0.4, -0.2) is 23.3 Å². The molecule has 1 aliphatic carbocycles. The Balaban J connectivity index is 1.54. The van der Waals surface area contributed by atoms with E-state index in [0.717, 1.165) is 28.0 Å². The summed E-state index contributed by atoms with van der Waals surface area (Å²) in [6.07, 6.45) is 4.40. The zero-order valence-electron chi connectivity index (χ0n) is 14.0. The maximum atomic E-state index is 12.1. The molecule has 0 saturated carbocycles. The van der Waals surface area contributed by atoms with Crippen LogP contribution in [0.2, 0.25) is 0 Å². The lowest BCUT2D eigenvalue weighted by Crippen LogP contribution is -2.33. The van der Waals surface area contributed by atoms with Gasteiger partial charge >= 0.3 is 0 Å². The van der Waals surface area contributed by atoms with Gasteiger partial charge in [0.15, 0.2) is 5.13 Å². The molecule has 0 aliphatic heterocycles. The van der Waals surface area contributed by atoms with Crippen molar-refractivity contribution in [2.45, 2.75) is 32.6 Å². The minimum Gasteiger partial charge on any atom is -0.343 e. The summed E-state index contributed by atoms with van der Waals surface area (Å²) < 4.78 is 0.857. The van der Waals surface area contributed by atoms with E-state index in [4.69, 9.17) is 0 Å². The topological polar surface area (TPSA) is 71.1 Å². The van der Waals surface area contributed by atoms with Crippen LogP contribution in [0, 0.1) is 9.49 Å². The van der Waals surface area contributed by atoms with E-state index in [9.17, 15) is 9.59 Å². The number of rotatable bonds is 5. The molecule has 3 rings (SSSR count). The second kappa shape index (κ2) is 8.27. The Morgan fingerprint density at radius 3 is 2.92 bits per heavy atom. The molecule has 5 nitrogen and oxygen atoms in total. The number of nitrogens with zero attached hydrogens (tertiary/aromatic N) is 1. The van der Waals surface area contributed by atoms with Crippen molar-refractivity contribution in [1.82, 2.24) is 10.3 Å². The number of hydrogen-bond acceptors (Lipinski definition) is 4. The monoisotopic (exact) mass is 469 g/mol. The van der Waals surface area contributed by atoms with Crippen LogP contribution in [0.25, 0.3) is 0 Å². The number of aromatic nitrogens is 1. The highest BCUT2D eigenvalue weighted by molar-refractivity contribution is 14.1. The summed E-state index contributed by atoms with van der Waals surface area (Å²) in [5, 5.41) is 6.10. The standard InChI is InChI=1S/C18H20IN3O2S/c1-2-11-7-8-14-15(9-11)25-18(21-14)22-16(23)10-20-17(24)12-5-3-4-6-13(12)19/h3-6,11H,2,7-10H2,1H3,(H,20,24)(H,21,22,23). The summed E-state index contributed by atoms with van der Waals surface area (Å²) in [6, 6.07) is 7.28. The first kappa shape index (κ1) is 18.3. The van der Waals surface area contributed by atoms with Gasteiger partial charge in [0.1, 0.15) is 0 Å². The third kappa shape index (κ3) is 4.58. The Bertz CT molecular complexity index is 790. The summed E-state index contributed by atoms with van der Waals surface area (Å²) in [4.78, 5) is 30.1. The minimum atomic E-state index is -0.252. The highest BCUT2D eigenvalue weighted by atomic mass is 127. The molecule has 2 aromatic rings. The molecule has 2 amide bonds. The number of carbonyl (C=O) groups is 2. The molecule has 0 spiro atoms. The van der Waals surface area contributed by atoms with Crippen LogP contribution in [0.4, 0.5) is 5.13 Å². The maximum Gasteiger partial charge on any atom is 0.252 e. The Hall–Kier alpha value is -1.48. The van der Waals surface area contributed by atoms with E-state index in [-0.39, 0.29) is 18.4 Å². The van der Waals surface area contributed by atoms with Crippen molar-refractivity contribution in [3.05, 3.63) is 44.0 Å². The molecule has 132 valence electrons. The molecule has 0 fully saturated rings. The molecule has 1 heterocycles. The lowest BCUT2D eigenvalue weighted by Gasteiger charge is -2.18. The van der Waals surface area contributed by atoms with Crippen molar-refractivity contribution in [2.75, 3.05) is 11.9 Å². The van der Waals surface area contributed by atoms with Gasteiger partial charge in [-0.2, -0.15) is 0 Å². The molecule has 0 bridgehead atoms. The SMILES string of the molecule is CCC1CCc2nc(NC(=O)CNC(=O)c3ccccc3I)sc2C1. The van der Waals surface area contributed by atoms with E-state index in [2.05, 4.69) is 45.1 Å². The average molecular weight is 469 g/mol. The number of halogens is 1. The smallest absolute Gasteiger partial charge is 0.252 e. The van der Waals surface area contributed by atoms with Gasteiger partial charge < -0.3 is 10.6 Å². The Labute approximate surface area is 164 Å².